The first-order valence-electron chi connectivity index (χ1n) is 34.1. The Morgan fingerprint density at radius 3 is 0.670 bits per heavy atom. The standard InChI is InChI=1S/C37H24Br2O2.C29H26O2.C27H20Cl2O2/c38-33-21-25(19-29(35(33)40)23-11-3-1-4-12-23)37(31-17-9-7-15-27(31)28-16-8-10-18-32(28)37)26-20-30(36(41)34(39)22-26)24-13-5-2-6-14-24;1-17-13-21(14-18(2)27(17)30)29(22-15-19(3)28(31)20(4)16-22)25-11-7-5-9-23(25)24-10-6-8-12-26(24)29;1-15-11-17(13-23(28)25(15)30)27(18-12-16(2)26(31)24(29)14-18)21-9-5-3-7-19(21)20-8-4-6-10-22(20)27/h1-22,40-41H;5-16,30-31H,1-4H3;3-14,30-31H,1-2H3. The Hall–Kier alpha value is -10.6. The molecule has 10 heteroatoms. The second-order valence-electron chi connectivity index (χ2n) is 27.1. The zero-order valence-electron chi connectivity index (χ0n) is 57.3. The van der Waals surface area contributed by atoms with Crippen LogP contribution in [0.4, 0.5) is 0 Å². The second kappa shape index (κ2) is 26.7. The maximum atomic E-state index is 11.2. The summed E-state index contributed by atoms with van der Waals surface area (Å²) in [6, 6.07) is 95.2. The van der Waals surface area contributed by atoms with E-state index in [1.54, 1.807) is 0 Å². The lowest BCUT2D eigenvalue weighted by Gasteiger charge is -2.35. The molecule has 3 aliphatic carbocycles. The summed E-state index contributed by atoms with van der Waals surface area (Å²) >= 11 is 20.3. The van der Waals surface area contributed by atoms with Gasteiger partial charge >= 0.3 is 0 Å². The first-order valence-corrected chi connectivity index (χ1v) is 36.4. The lowest BCUT2D eigenvalue weighted by molar-refractivity contribution is 0.465. The zero-order chi connectivity index (χ0) is 72.0. The number of aryl methyl sites for hydroxylation is 6. The normalized spacial score (nSPS) is 13.4. The summed E-state index contributed by atoms with van der Waals surface area (Å²) in [5.41, 5.74) is 26.4. The molecule has 0 saturated heterocycles. The fourth-order valence-electron chi connectivity index (χ4n) is 16.6. The third-order valence-electron chi connectivity index (χ3n) is 21.2. The Balaban J connectivity index is 0.000000127. The van der Waals surface area contributed by atoms with Gasteiger partial charge in [0.2, 0.25) is 0 Å². The molecule has 17 rings (SSSR count). The van der Waals surface area contributed by atoms with Gasteiger partial charge in [-0.1, -0.05) is 266 Å². The highest BCUT2D eigenvalue weighted by atomic mass is 79.9. The van der Waals surface area contributed by atoms with Crippen LogP contribution in [0.2, 0.25) is 10.0 Å². The van der Waals surface area contributed by atoms with E-state index in [0.717, 1.165) is 111 Å². The van der Waals surface area contributed by atoms with Gasteiger partial charge in [0.1, 0.15) is 34.5 Å². The molecule has 14 aromatic rings. The number of benzene rings is 14. The van der Waals surface area contributed by atoms with Gasteiger partial charge in [-0.3, -0.25) is 0 Å². The molecule has 0 saturated carbocycles. The van der Waals surface area contributed by atoms with Gasteiger partial charge in [0.25, 0.3) is 0 Å². The van der Waals surface area contributed by atoms with Crippen molar-refractivity contribution in [2.24, 2.45) is 0 Å². The number of hydrogen-bond donors (Lipinski definition) is 6. The van der Waals surface area contributed by atoms with Crippen molar-refractivity contribution < 1.29 is 30.6 Å². The summed E-state index contributed by atoms with van der Waals surface area (Å²) in [6.45, 7) is 11.5. The van der Waals surface area contributed by atoms with Crippen LogP contribution in [0.25, 0.3) is 55.6 Å². The lowest BCUT2D eigenvalue weighted by atomic mass is 9.66. The Labute approximate surface area is 627 Å². The maximum absolute atomic E-state index is 11.2. The molecule has 6 nitrogen and oxygen atoms in total. The van der Waals surface area contributed by atoms with Crippen LogP contribution < -0.4 is 0 Å². The monoisotopic (exact) mass is 1510 g/mol. The summed E-state index contributed by atoms with van der Waals surface area (Å²) in [5.74, 6) is 1.26. The number of rotatable bonds is 8. The minimum absolute atomic E-state index is 0.0834. The predicted octanol–water partition coefficient (Wildman–Crippen LogP) is 24.4. The van der Waals surface area contributed by atoms with Crippen molar-refractivity contribution in [3.63, 3.8) is 0 Å². The topological polar surface area (TPSA) is 121 Å². The van der Waals surface area contributed by atoms with Gasteiger partial charge in [0.05, 0.1) is 35.2 Å². The van der Waals surface area contributed by atoms with Crippen molar-refractivity contribution in [1.29, 1.82) is 0 Å². The van der Waals surface area contributed by atoms with Crippen molar-refractivity contribution in [3.8, 4) is 90.1 Å². The number of phenols is 6. The van der Waals surface area contributed by atoms with Gasteiger partial charge in [-0.05, 0) is 254 Å². The van der Waals surface area contributed by atoms with Gasteiger partial charge in [-0.15, -0.1) is 0 Å². The molecule has 506 valence electrons. The van der Waals surface area contributed by atoms with E-state index in [4.69, 9.17) is 23.2 Å². The van der Waals surface area contributed by atoms with Crippen LogP contribution in [0.3, 0.4) is 0 Å². The van der Waals surface area contributed by atoms with Crippen molar-refractivity contribution >= 4 is 55.1 Å². The van der Waals surface area contributed by atoms with Gasteiger partial charge in [0.15, 0.2) is 0 Å². The molecule has 0 spiro atoms. The number of hydrogen-bond acceptors (Lipinski definition) is 6. The number of fused-ring (bicyclic) bond motifs is 9. The van der Waals surface area contributed by atoms with Crippen LogP contribution in [0.15, 0.2) is 288 Å². The van der Waals surface area contributed by atoms with Crippen molar-refractivity contribution in [3.05, 3.63) is 398 Å². The second-order valence-corrected chi connectivity index (χ2v) is 29.7. The van der Waals surface area contributed by atoms with Crippen LogP contribution in [0, 0.1) is 41.5 Å². The minimum Gasteiger partial charge on any atom is -0.507 e. The largest absolute Gasteiger partial charge is 0.507 e. The van der Waals surface area contributed by atoms with E-state index in [9.17, 15) is 30.6 Å². The Bertz CT molecular complexity index is 5090. The van der Waals surface area contributed by atoms with E-state index in [2.05, 4.69) is 190 Å². The van der Waals surface area contributed by atoms with E-state index >= 15 is 0 Å². The summed E-state index contributed by atoms with van der Waals surface area (Å²) in [4.78, 5) is 0. The van der Waals surface area contributed by atoms with E-state index < -0.39 is 16.2 Å². The Morgan fingerprint density at radius 1 is 0.223 bits per heavy atom. The van der Waals surface area contributed by atoms with E-state index in [0.29, 0.717) is 41.6 Å². The molecule has 0 aliphatic heterocycles. The minimum atomic E-state index is -0.729. The molecular formula is C93H70Br2Cl2O6. The van der Waals surface area contributed by atoms with E-state index in [1.807, 2.05) is 163 Å². The van der Waals surface area contributed by atoms with Crippen LogP contribution in [-0.2, 0) is 16.2 Å². The first-order chi connectivity index (χ1) is 49.7. The Kier molecular flexibility index (Phi) is 17.7. The number of halogens is 4. The molecule has 0 radical (unpaired) electrons. The molecule has 0 heterocycles. The third kappa shape index (κ3) is 10.9. The third-order valence-corrected chi connectivity index (χ3v) is 23.0. The van der Waals surface area contributed by atoms with Crippen LogP contribution in [-0.4, -0.2) is 30.6 Å². The van der Waals surface area contributed by atoms with Crippen molar-refractivity contribution in [1.82, 2.24) is 0 Å². The molecule has 0 atom stereocenters. The molecule has 0 amide bonds. The SMILES string of the molecule is Cc1cc(C2(c3cc(C)c(O)c(C)c3)c3ccccc3-c3ccccc32)cc(C)c1O.Cc1cc(C2(c3cc(C)c(O)c(Cl)c3)c3ccccc3-c3ccccc32)cc(Cl)c1O.Oc1c(Br)cc(C2(c3cc(Br)c(O)c(-c4ccccc4)c3)c3ccccc3-c3ccccc32)cc1-c1ccccc1. The summed E-state index contributed by atoms with van der Waals surface area (Å²) in [7, 11) is 0. The van der Waals surface area contributed by atoms with Crippen LogP contribution in [0.1, 0.15) is 100 Å². The average molecular weight is 1510 g/mol. The quantitative estimate of drug-likeness (QED) is 0.0901. The average Bonchev–Trinajstić information content (AvgIpc) is 1.55. The molecule has 3 aliphatic rings. The van der Waals surface area contributed by atoms with Gasteiger partial charge in [-0.25, -0.2) is 0 Å². The lowest BCUT2D eigenvalue weighted by Crippen LogP contribution is -2.29. The zero-order valence-corrected chi connectivity index (χ0v) is 61.9. The molecule has 103 heavy (non-hydrogen) atoms. The van der Waals surface area contributed by atoms with Gasteiger partial charge < -0.3 is 30.6 Å². The highest BCUT2D eigenvalue weighted by Crippen LogP contribution is 2.62. The number of phenolic OH excluding ortho intramolecular Hbond substituents is 6. The van der Waals surface area contributed by atoms with Crippen molar-refractivity contribution in [2.75, 3.05) is 0 Å². The summed E-state index contributed by atoms with van der Waals surface area (Å²) in [6.07, 6.45) is 0. The highest BCUT2D eigenvalue weighted by Gasteiger charge is 2.50. The Morgan fingerprint density at radius 2 is 0.427 bits per heavy atom. The van der Waals surface area contributed by atoms with Gasteiger partial charge in [-0.2, -0.15) is 0 Å². The van der Waals surface area contributed by atoms with Crippen molar-refractivity contribution in [2.45, 2.75) is 57.8 Å². The van der Waals surface area contributed by atoms with Crippen LogP contribution >= 0.6 is 55.1 Å². The maximum Gasteiger partial charge on any atom is 0.137 e. The van der Waals surface area contributed by atoms with E-state index in [1.165, 1.54) is 33.4 Å². The molecular weight excluding hydrogens is 1440 g/mol. The van der Waals surface area contributed by atoms with E-state index in [-0.39, 0.29) is 23.0 Å². The number of aromatic hydroxyl groups is 6. The summed E-state index contributed by atoms with van der Waals surface area (Å²) < 4.78 is 1.24. The van der Waals surface area contributed by atoms with Crippen LogP contribution in [0.5, 0.6) is 34.5 Å². The summed E-state index contributed by atoms with van der Waals surface area (Å²) in [5, 5.41) is 64.8. The highest BCUT2D eigenvalue weighted by molar-refractivity contribution is 9.11. The van der Waals surface area contributed by atoms with Gasteiger partial charge in [0, 0.05) is 11.1 Å². The molecule has 0 fully saturated rings. The molecule has 0 bridgehead atoms. The smallest absolute Gasteiger partial charge is 0.137 e. The fraction of sp³-hybridized carbons (Fsp3) is 0.0968. The molecule has 0 aromatic heterocycles. The first kappa shape index (κ1) is 68.2. The molecule has 6 N–H and O–H groups in total. The predicted molar refractivity (Wildman–Crippen MR) is 426 cm³/mol. The molecule has 0 unspecified atom stereocenters. The molecule has 14 aromatic carbocycles. The fourth-order valence-corrected chi connectivity index (χ4v) is 18.1.